The molecule has 2 nitrogen and oxygen atoms in total. The maximum absolute atomic E-state index is 2.60. The number of nitrogens with zero attached hydrogens (tertiary/aromatic N) is 1. The smallest absolute Gasteiger partial charge is 0.127 e. The summed E-state index contributed by atoms with van der Waals surface area (Å²) >= 11 is 0. The van der Waals surface area contributed by atoms with Gasteiger partial charge in [0.25, 0.3) is 0 Å². The number of aryl methyl sites for hydroxylation is 1. The molecule has 0 spiro atoms. The van der Waals surface area contributed by atoms with E-state index < -0.39 is 0 Å². The van der Waals surface area contributed by atoms with Crippen LogP contribution < -0.4 is 5.32 Å². The van der Waals surface area contributed by atoms with Gasteiger partial charge >= 0.3 is 0 Å². The molecular formula is C20H21N2+. The van der Waals surface area contributed by atoms with Crippen LogP contribution in [-0.2, 0) is 13.0 Å². The molecule has 0 amide bonds. The summed E-state index contributed by atoms with van der Waals surface area (Å²) < 4.78 is 2.60. The summed E-state index contributed by atoms with van der Waals surface area (Å²) in [4.78, 5) is 0. The highest BCUT2D eigenvalue weighted by atomic mass is 15.1. The minimum atomic E-state index is 0.699. The van der Waals surface area contributed by atoms with E-state index in [1.165, 1.54) is 47.8 Å². The monoisotopic (exact) mass is 289 g/mol. The Hall–Kier alpha value is -2.06. The summed E-state index contributed by atoms with van der Waals surface area (Å²) in [6.07, 6.45) is 3.93. The Balaban J connectivity index is 1.77. The van der Waals surface area contributed by atoms with Crippen molar-refractivity contribution in [1.82, 2.24) is 4.57 Å². The van der Waals surface area contributed by atoms with Crippen LogP contribution >= 0.6 is 0 Å². The molecule has 0 radical (unpaired) electrons. The maximum Gasteiger partial charge on any atom is 0.127 e. The highest BCUT2D eigenvalue weighted by Gasteiger charge is 2.32. The molecule has 2 aliphatic rings. The molecule has 0 fully saturated rings. The standard InChI is InChI=1S/C20H20N2/c1-2-5-14(6-3-1)15-9-10-19-17(13-15)16-7-4-8-18-20(16)22(19)12-11-21-18/h1-3,5-6,9-10,13,18,21H,4,7-8,11-12H2/p+1. The van der Waals surface area contributed by atoms with Crippen LogP contribution in [0.5, 0.6) is 0 Å². The second-order valence-corrected chi connectivity index (χ2v) is 6.64. The first kappa shape index (κ1) is 12.5. The molecule has 1 aliphatic heterocycles. The molecule has 2 heteroatoms. The van der Waals surface area contributed by atoms with E-state index in [1.54, 1.807) is 11.3 Å². The Morgan fingerprint density at radius 3 is 2.82 bits per heavy atom. The van der Waals surface area contributed by atoms with Gasteiger partial charge in [-0.25, -0.2) is 0 Å². The van der Waals surface area contributed by atoms with E-state index >= 15 is 0 Å². The van der Waals surface area contributed by atoms with Crippen LogP contribution in [0.2, 0.25) is 0 Å². The van der Waals surface area contributed by atoms with Crippen LogP contribution in [0.25, 0.3) is 22.0 Å². The first-order valence-corrected chi connectivity index (χ1v) is 8.45. The van der Waals surface area contributed by atoms with Crippen molar-refractivity contribution in [1.29, 1.82) is 0 Å². The molecular weight excluding hydrogens is 268 g/mol. The minimum Gasteiger partial charge on any atom is -0.337 e. The summed E-state index contributed by atoms with van der Waals surface area (Å²) in [5.41, 5.74) is 7.36. The molecule has 1 aliphatic carbocycles. The van der Waals surface area contributed by atoms with Gasteiger partial charge in [-0.15, -0.1) is 0 Å². The average molecular weight is 289 g/mol. The van der Waals surface area contributed by atoms with Crippen molar-refractivity contribution < 1.29 is 5.32 Å². The van der Waals surface area contributed by atoms with Crippen molar-refractivity contribution in [3.8, 4) is 11.1 Å². The van der Waals surface area contributed by atoms with Crippen molar-refractivity contribution in [3.05, 3.63) is 59.8 Å². The second-order valence-electron chi connectivity index (χ2n) is 6.64. The Bertz CT molecular complexity index is 843. The van der Waals surface area contributed by atoms with E-state index in [0.717, 1.165) is 6.54 Å². The molecule has 0 saturated carbocycles. The van der Waals surface area contributed by atoms with Crippen molar-refractivity contribution in [3.63, 3.8) is 0 Å². The lowest BCUT2D eigenvalue weighted by atomic mass is 9.90. The molecule has 2 N–H and O–H groups in total. The van der Waals surface area contributed by atoms with Gasteiger partial charge in [0.2, 0.25) is 0 Å². The number of aromatic nitrogens is 1. The molecule has 2 heterocycles. The van der Waals surface area contributed by atoms with Crippen LogP contribution in [0.1, 0.15) is 30.1 Å². The predicted octanol–water partition coefficient (Wildman–Crippen LogP) is 3.26. The Morgan fingerprint density at radius 2 is 1.91 bits per heavy atom. The molecule has 2 aromatic carbocycles. The summed E-state index contributed by atoms with van der Waals surface area (Å²) in [5, 5.41) is 4.05. The van der Waals surface area contributed by atoms with Crippen molar-refractivity contribution in [2.45, 2.75) is 31.8 Å². The minimum absolute atomic E-state index is 0.699. The van der Waals surface area contributed by atoms with Gasteiger partial charge in [0.15, 0.2) is 0 Å². The SMILES string of the molecule is c1ccc(-c2ccc3c(c2)c2c4n3CC[NH2+]C4CCC2)cc1. The number of nitrogens with two attached hydrogens (primary N) is 1. The number of benzene rings is 2. The third kappa shape index (κ3) is 1.71. The number of hydrogen-bond acceptors (Lipinski definition) is 0. The van der Waals surface area contributed by atoms with E-state index in [2.05, 4.69) is 58.4 Å². The Morgan fingerprint density at radius 1 is 1.00 bits per heavy atom. The fraction of sp³-hybridized carbons (Fsp3) is 0.300. The average Bonchev–Trinajstić information content (AvgIpc) is 2.92. The molecule has 110 valence electrons. The molecule has 22 heavy (non-hydrogen) atoms. The molecule has 5 rings (SSSR count). The largest absolute Gasteiger partial charge is 0.337 e. The zero-order valence-electron chi connectivity index (χ0n) is 12.8. The summed E-state index contributed by atoms with van der Waals surface area (Å²) in [6.45, 7) is 2.38. The number of quaternary nitrogens is 1. The van der Waals surface area contributed by atoms with Gasteiger partial charge < -0.3 is 9.88 Å². The molecule has 1 unspecified atom stereocenters. The maximum atomic E-state index is 2.60. The summed E-state index contributed by atoms with van der Waals surface area (Å²) in [6, 6.07) is 18.5. The van der Waals surface area contributed by atoms with Gasteiger partial charge in [0.1, 0.15) is 6.04 Å². The quantitative estimate of drug-likeness (QED) is 0.710. The zero-order chi connectivity index (χ0) is 14.5. The van der Waals surface area contributed by atoms with Gasteiger partial charge in [-0.3, -0.25) is 0 Å². The normalized spacial score (nSPS) is 20.1. The molecule has 1 atom stereocenters. The van der Waals surface area contributed by atoms with E-state index in [0.29, 0.717) is 6.04 Å². The molecule has 0 bridgehead atoms. The van der Waals surface area contributed by atoms with E-state index in [-0.39, 0.29) is 0 Å². The fourth-order valence-corrected chi connectivity index (χ4v) is 4.45. The summed E-state index contributed by atoms with van der Waals surface area (Å²) in [7, 11) is 0. The van der Waals surface area contributed by atoms with Gasteiger partial charge in [-0.2, -0.15) is 0 Å². The highest BCUT2D eigenvalue weighted by molar-refractivity contribution is 5.90. The van der Waals surface area contributed by atoms with Crippen molar-refractivity contribution in [2.75, 3.05) is 6.54 Å². The molecule has 1 aromatic heterocycles. The van der Waals surface area contributed by atoms with E-state index in [4.69, 9.17) is 0 Å². The lowest BCUT2D eigenvalue weighted by molar-refractivity contribution is -0.704. The zero-order valence-corrected chi connectivity index (χ0v) is 12.8. The topological polar surface area (TPSA) is 21.5 Å². The predicted molar refractivity (Wildman–Crippen MR) is 89.8 cm³/mol. The Labute approximate surface area is 130 Å². The van der Waals surface area contributed by atoms with Gasteiger partial charge in [0, 0.05) is 17.3 Å². The third-order valence-electron chi connectivity index (χ3n) is 5.42. The van der Waals surface area contributed by atoms with Crippen LogP contribution in [0.3, 0.4) is 0 Å². The second kappa shape index (κ2) is 4.72. The third-order valence-corrected chi connectivity index (χ3v) is 5.42. The van der Waals surface area contributed by atoms with E-state index in [9.17, 15) is 0 Å². The lowest BCUT2D eigenvalue weighted by Gasteiger charge is -2.27. The van der Waals surface area contributed by atoms with Gasteiger partial charge in [0.05, 0.1) is 18.8 Å². The summed E-state index contributed by atoms with van der Waals surface area (Å²) in [5.74, 6) is 0. The number of hydrogen-bond donors (Lipinski definition) is 1. The van der Waals surface area contributed by atoms with Crippen LogP contribution in [0.15, 0.2) is 48.5 Å². The fourth-order valence-electron chi connectivity index (χ4n) is 4.45. The van der Waals surface area contributed by atoms with Crippen LogP contribution in [-0.4, -0.2) is 11.1 Å². The van der Waals surface area contributed by atoms with Crippen LogP contribution in [0.4, 0.5) is 0 Å². The lowest BCUT2D eigenvalue weighted by Crippen LogP contribution is -2.88. The van der Waals surface area contributed by atoms with Gasteiger partial charge in [-0.05, 0) is 41.7 Å². The number of fused-ring (bicyclic) bond motifs is 3. The van der Waals surface area contributed by atoms with E-state index in [1.807, 2.05) is 0 Å². The Kier molecular flexibility index (Phi) is 2.68. The van der Waals surface area contributed by atoms with Gasteiger partial charge in [-0.1, -0.05) is 36.4 Å². The first-order valence-electron chi connectivity index (χ1n) is 8.45. The first-order chi connectivity index (χ1) is 10.9. The van der Waals surface area contributed by atoms with Crippen molar-refractivity contribution in [2.24, 2.45) is 0 Å². The highest BCUT2D eigenvalue weighted by Crippen LogP contribution is 2.38. The molecule has 3 aromatic rings. The molecule has 0 saturated heterocycles. The van der Waals surface area contributed by atoms with Crippen LogP contribution in [0, 0.1) is 0 Å². The van der Waals surface area contributed by atoms with Crippen molar-refractivity contribution >= 4 is 10.9 Å². The number of rotatable bonds is 1.